The second-order valence-electron chi connectivity index (χ2n) is 20.3. The van der Waals surface area contributed by atoms with Crippen molar-refractivity contribution in [3.05, 3.63) is 247 Å². The fourth-order valence-electron chi connectivity index (χ4n) is 9.83. The van der Waals surface area contributed by atoms with Crippen LogP contribution in [-0.4, -0.2) is 9.55 Å². The summed E-state index contributed by atoms with van der Waals surface area (Å²) in [6, 6.07) is 76.6. The molecule has 0 spiro atoms. The summed E-state index contributed by atoms with van der Waals surface area (Å²) in [5, 5.41) is 2.23. The van der Waals surface area contributed by atoms with Crippen molar-refractivity contribution in [2.75, 3.05) is 9.80 Å². The number of pyridine rings is 1. The van der Waals surface area contributed by atoms with Gasteiger partial charge in [0.2, 0.25) is 0 Å². The van der Waals surface area contributed by atoms with Gasteiger partial charge < -0.3 is 19.1 Å². The summed E-state index contributed by atoms with van der Waals surface area (Å²) >= 11 is 0. The Morgan fingerprint density at radius 2 is 1.13 bits per heavy atom. The van der Waals surface area contributed by atoms with E-state index >= 15 is 0 Å². The van der Waals surface area contributed by atoms with E-state index in [4.69, 9.17) is 9.72 Å². The van der Waals surface area contributed by atoms with Gasteiger partial charge in [-0.25, -0.2) is 4.98 Å². The van der Waals surface area contributed by atoms with Gasteiger partial charge in [0, 0.05) is 72.2 Å². The van der Waals surface area contributed by atoms with Crippen molar-refractivity contribution in [1.82, 2.24) is 9.55 Å². The van der Waals surface area contributed by atoms with E-state index in [1.54, 1.807) is 0 Å². The molecule has 70 heavy (non-hydrogen) atoms. The topological polar surface area (TPSA) is 33.5 Å². The molecule has 2 aromatic heterocycles. The molecular formula is C64H55N4OPt-3. The standard InChI is InChI=1S/C64H55N4O.Pt/c1-62(2,3)48-34-35-65-61(40-48)68-57-29-18-17-28-55(57)56-32-31-54(42-59(56)68)69-53-27-19-26-51(41-53)66-43-67(60-39-49(30-33-58(60)66)63(4,5)46-22-13-9-14-23-46)52-37-45(44-20-11-8-12-21-44)36-50(38-52)64(6,7)47-24-15-10-16-25-47;/h8-40,43H,1-7H3;/q-3;. The number of anilines is 4. The van der Waals surface area contributed by atoms with Gasteiger partial charge in [-0.15, -0.1) is 48.1 Å². The molecule has 0 fully saturated rings. The SMILES string of the molecule is CC(C)(C)c1ccnc(-n2c3[c-]c(Oc4[c-]c(N5[CH-]N(c6cc(-c7ccccc7)cc(C(C)(C)c7ccccc7)c6)c6cc(C(C)(C)c7ccccc7)ccc65)ccc4)ccc3c3ccccc32)c1.[Pt]. The van der Waals surface area contributed by atoms with Gasteiger partial charge in [0.15, 0.2) is 0 Å². The zero-order valence-electron chi connectivity index (χ0n) is 40.6. The molecule has 0 radical (unpaired) electrons. The van der Waals surface area contributed by atoms with E-state index < -0.39 is 0 Å². The van der Waals surface area contributed by atoms with Crippen molar-refractivity contribution in [1.29, 1.82) is 0 Å². The number of rotatable bonds is 10. The third kappa shape index (κ3) is 8.51. The molecule has 3 heterocycles. The van der Waals surface area contributed by atoms with Crippen LogP contribution in [0, 0.1) is 18.8 Å². The van der Waals surface area contributed by atoms with Gasteiger partial charge in [0.05, 0.1) is 0 Å². The van der Waals surface area contributed by atoms with Gasteiger partial charge in [-0.2, -0.15) is 12.1 Å². The van der Waals surface area contributed by atoms with Crippen LogP contribution in [0.3, 0.4) is 0 Å². The van der Waals surface area contributed by atoms with Crippen molar-refractivity contribution < 1.29 is 25.8 Å². The van der Waals surface area contributed by atoms with Gasteiger partial charge in [-0.05, 0) is 92.2 Å². The summed E-state index contributed by atoms with van der Waals surface area (Å²) in [4.78, 5) is 9.46. The van der Waals surface area contributed by atoms with Crippen molar-refractivity contribution in [3.8, 4) is 28.4 Å². The molecule has 11 rings (SSSR count). The Bertz CT molecular complexity index is 3500. The summed E-state index contributed by atoms with van der Waals surface area (Å²) in [6.07, 6.45) is 1.90. The number of hydrogen-bond donors (Lipinski definition) is 0. The molecule has 0 saturated carbocycles. The Labute approximate surface area is 427 Å². The predicted octanol–water partition coefficient (Wildman–Crippen LogP) is 16.6. The minimum absolute atomic E-state index is 0. The fourth-order valence-corrected chi connectivity index (χ4v) is 9.83. The smallest absolute Gasteiger partial charge is 0.135 e. The Hall–Kier alpha value is -7.20. The third-order valence-corrected chi connectivity index (χ3v) is 14.1. The monoisotopic (exact) mass is 1090 g/mol. The quantitative estimate of drug-likeness (QED) is 0.128. The Balaban J connectivity index is 0.00000567. The molecule has 1 aliphatic rings. The number of nitrogens with zero attached hydrogens (tertiary/aromatic N) is 4. The van der Waals surface area contributed by atoms with E-state index in [-0.39, 0.29) is 37.3 Å². The van der Waals surface area contributed by atoms with Crippen LogP contribution in [0.15, 0.2) is 200 Å². The summed E-state index contributed by atoms with van der Waals surface area (Å²) < 4.78 is 8.92. The van der Waals surface area contributed by atoms with Crippen LogP contribution in [0.25, 0.3) is 38.8 Å². The van der Waals surface area contributed by atoms with Crippen LogP contribution < -0.4 is 14.5 Å². The summed E-state index contributed by atoms with van der Waals surface area (Å²) in [5.74, 6) is 2.04. The van der Waals surface area contributed by atoms with E-state index in [9.17, 15) is 0 Å². The van der Waals surface area contributed by atoms with Crippen molar-refractivity contribution in [2.45, 2.75) is 64.7 Å². The summed E-state index contributed by atoms with van der Waals surface area (Å²) in [5.41, 5.74) is 14.0. The first-order valence-electron chi connectivity index (χ1n) is 23.9. The van der Waals surface area contributed by atoms with Gasteiger partial charge in [0.1, 0.15) is 5.82 Å². The molecule has 6 heteroatoms. The number of hydrogen-bond acceptors (Lipinski definition) is 4. The zero-order chi connectivity index (χ0) is 47.5. The van der Waals surface area contributed by atoms with Crippen LogP contribution in [0.4, 0.5) is 22.7 Å². The number of benzene rings is 8. The molecular weight excluding hydrogens is 1040 g/mol. The van der Waals surface area contributed by atoms with E-state index in [2.05, 4.69) is 258 Å². The van der Waals surface area contributed by atoms with Crippen LogP contribution in [0.5, 0.6) is 11.5 Å². The fraction of sp³-hybridized carbons (Fsp3) is 0.156. The number of fused-ring (bicyclic) bond motifs is 4. The molecule has 0 atom stereocenters. The van der Waals surface area contributed by atoms with Crippen LogP contribution >= 0.6 is 0 Å². The molecule has 350 valence electrons. The first kappa shape index (κ1) is 46.5. The molecule has 0 saturated heterocycles. The average molecular weight is 1090 g/mol. The minimum Gasteiger partial charge on any atom is -0.509 e. The normalized spacial score (nSPS) is 12.8. The first-order chi connectivity index (χ1) is 33.3. The molecule has 0 unspecified atom stereocenters. The molecule has 10 aromatic rings. The van der Waals surface area contributed by atoms with E-state index in [1.165, 1.54) is 33.4 Å². The maximum atomic E-state index is 6.72. The van der Waals surface area contributed by atoms with Crippen molar-refractivity contribution >= 4 is 44.6 Å². The van der Waals surface area contributed by atoms with Gasteiger partial charge in [0.25, 0.3) is 0 Å². The van der Waals surface area contributed by atoms with Crippen molar-refractivity contribution in [2.24, 2.45) is 0 Å². The largest absolute Gasteiger partial charge is 0.509 e. The second-order valence-corrected chi connectivity index (χ2v) is 20.3. The first-order valence-corrected chi connectivity index (χ1v) is 23.9. The maximum absolute atomic E-state index is 6.72. The van der Waals surface area contributed by atoms with Gasteiger partial charge in [-0.3, -0.25) is 0 Å². The summed E-state index contributed by atoms with van der Waals surface area (Å²) in [6.45, 7) is 18.2. The molecule has 0 amide bonds. The number of para-hydroxylation sites is 1. The number of ether oxygens (including phenoxy) is 1. The second kappa shape index (κ2) is 18.3. The maximum Gasteiger partial charge on any atom is 0.135 e. The molecule has 0 N–H and O–H groups in total. The molecule has 0 aliphatic carbocycles. The Morgan fingerprint density at radius 3 is 1.84 bits per heavy atom. The van der Waals surface area contributed by atoms with Gasteiger partial charge >= 0.3 is 0 Å². The Kier molecular flexibility index (Phi) is 12.1. The predicted molar refractivity (Wildman–Crippen MR) is 286 cm³/mol. The average Bonchev–Trinajstić information content (AvgIpc) is 3.93. The van der Waals surface area contributed by atoms with Crippen molar-refractivity contribution in [3.63, 3.8) is 0 Å². The third-order valence-electron chi connectivity index (χ3n) is 14.1. The zero-order valence-corrected chi connectivity index (χ0v) is 42.9. The minimum atomic E-state index is -0.277. The number of aromatic nitrogens is 2. The van der Waals surface area contributed by atoms with Crippen LogP contribution in [0.1, 0.15) is 76.3 Å². The molecule has 0 bridgehead atoms. The molecule has 1 aliphatic heterocycles. The molecule has 8 aromatic carbocycles. The van der Waals surface area contributed by atoms with E-state index in [0.29, 0.717) is 11.5 Å². The van der Waals surface area contributed by atoms with E-state index in [0.717, 1.165) is 55.9 Å². The Morgan fingerprint density at radius 1 is 0.471 bits per heavy atom. The van der Waals surface area contributed by atoms with Crippen LogP contribution in [0.2, 0.25) is 0 Å². The van der Waals surface area contributed by atoms with Crippen LogP contribution in [-0.2, 0) is 37.3 Å². The summed E-state index contributed by atoms with van der Waals surface area (Å²) in [7, 11) is 0. The molecule has 5 nitrogen and oxygen atoms in total. The van der Waals surface area contributed by atoms with Gasteiger partial charge in [-0.1, -0.05) is 175 Å². The van der Waals surface area contributed by atoms with E-state index in [1.807, 2.05) is 24.4 Å².